The zero-order valence-corrected chi connectivity index (χ0v) is 9.98. The van der Waals surface area contributed by atoms with Gasteiger partial charge in [-0.3, -0.25) is 4.79 Å². The Labute approximate surface area is 101 Å². The maximum Gasteiger partial charge on any atom is 0.312 e. The fraction of sp³-hybridized carbons (Fsp3) is 0.643. The molecule has 2 heterocycles. The van der Waals surface area contributed by atoms with Crippen molar-refractivity contribution >= 4 is 5.97 Å². The average molecular weight is 234 g/mol. The summed E-state index contributed by atoms with van der Waals surface area (Å²) >= 11 is 0. The van der Waals surface area contributed by atoms with Gasteiger partial charge in [0.05, 0.1) is 17.4 Å². The number of carbonyl (C=O) groups excluding carboxylic acids is 1. The third-order valence-electron chi connectivity index (χ3n) is 4.64. The van der Waals surface area contributed by atoms with Crippen LogP contribution in [-0.2, 0) is 14.3 Å². The van der Waals surface area contributed by atoms with Gasteiger partial charge >= 0.3 is 5.97 Å². The number of carbonyl (C=O) groups is 1. The van der Waals surface area contributed by atoms with Gasteiger partial charge in [0.1, 0.15) is 0 Å². The fourth-order valence-corrected chi connectivity index (χ4v) is 4.02. The van der Waals surface area contributed by atoms with Gasteiger partial charge in [-0.25, -0.2) is 0 Å². The molecule has 0 aromatic carbocycles. The molecule has 3 fully saturated rings. The van der Waals surface area contributed by atoms with E-state index in [0.29, 0.717) is 6.42 Å². The lowest BCUT2D eigenvalue weighted by Gasteiger charge is -2.61. The van der Waals surface area contributed by atoms with Crippen LogP contribution in [0, 0.1) is 11.3 Å². The van der Waals surface area contributed by atoms with Crippen LogP contribution in [0.2, 0.25) is 0 Å². The molecule has 4 unspecified atom stereocenters. The SMILES string of the molecule is C=CCC12OC(=O)C3CCCC(O1)C32CC=C. The third kappa shape index (κ3) is 1.08. The molecule has 2 aliphatic heterocycles. The topological polar surface area (TPSA) is 35.5 Å². The summed E-state index contributed by atoms with van der Waals surface area (Å²) in [5, 5.41) is 0. The van der Waals surface area contributed by atoms with Crippen molar-refractivity contribution in [1.82, 2.24) is 0 Å². The predicted molar refractivity (Wildman–Crippen MR) is 63.1 cm³/mol. The van der Waals surface area contributed by atoms with Gasteiger partial charge in [-0.05, 0) is 25.7 Å². The molecule has 0 bridgehead atoms. The maximum absolute atomic E-state index is 12.0. The average Bonchev–Trinajstić information content (AvgIpc) is 2.51. The summed E-state index contributed by atoms with van der Waals surface area (Å²) < 4.78 is 11.5. The fourth-order valence-electron chi connectivity index (χ4n) is 4.02. The zero-order valence-electron chi connectivity index (χ0n) is 9.98. The Bertz CT molecular complexity index is 389. The van der Waals surface area contributed by atoms with E-state index < -0.39 is 5.79 Å². The van der Waals surface area contributed by atoms with Crippen LogP contribution in [0.3, 0.4) is 0 Å². The van der Waals surface area contributed by atoms with Crippen LogP contribution in [0.25, 0.3) is 0 Å². The molecule has 3 heteroatoms. The Kier molecular flexibility index (Phi) is 2.24. The Hall–Kier alpha value is -1.09. The summed E-state index contributed by atoms with van der Waals surface area (Å²) in [6.45, 7) is 7.58. The molecule has 0 aromatic rings. The largest absolute Gasteiger partial charge is 0.432 e. The van der Waals surface area contributed by atoms with Gasteiger partial charge in [-0.1, -0.05) is 12.2 Å². The van der Waals surface area contributed by atoms with Crippen molar-refractivity contribution in [2.75, 3.05) is 0 Å². The first-order chi connectivity index (χ1) is 8.20. The lowest BCUT2D eigenvalue weighted by molar-refractivity contribution is -0.399. The second-order valence-electron chi connectivity index (χ2n) is 5.29. The molecule has 4 atom stereocenters. The molecular weight excluding hydrogens is 216 g/mol. The summed E-state index contributed by atoms with van der Waals surface area (Å²) in [4.78, 5) is 12.0. The number of hydrogen-bond donors (Lipinski definition) is 0. The lowest BCUT2D eigenvalue weighted by atomic mass is 9.55. The standard InChI is InChI=1S/C14H18O3/c1-3-8-13-10-6-5-7-11(13)16-14(13,9-4-2)17-12(10)15/h3-4,10-11H,1-2,5-9H2. The molecule has 0 amide bonds. The van der Waals surface area contributed by atoms with Gasteiger partial charge in [0, 0.05) is 6.42 Å². The Morgan fingerprint density at radius 1 is 1.29 bits per heavy atom. The van der Waals surface area contributed by atoms with E-state index in [1.54, 1.807) is 6.08 Å². The van der Waals surface area contributed by atoms with Gasteiger partial charge in [0.25, 0.3) is 0 Å². The van der Waals surface area contributed by atoms with Crippen LogP contribution in [0.15, 0.2) is 25.3 Å². The molecule has 0 radical (unpaired) electrons. The molecule has 2 saturated heterocycles. The summed E-state index contributed by atoms with van der Waals surface area (Å²) in [6.07, 6.45) is 8.21. The minimum Gasteiger partial charge on any atom is -0.432 e. The molecular formula is C14H18O3. The molecule has 1 saturated carbocycles. The van der Waals surface area contributed by atoms with Crippen LogP contribution in [0.5, 0.6) is 0 Å². The molecule has 1 aliphatic carbocycles. The van der Waals surface area contributed by atoms with Crippen molar-refractivity contribution in [2.24, 2.45) is 11.3 Å². The van der Waals surface area contributed by atoms with Gasteiger partial charge < -0.3 is 9.47 Å². The number of rotatable bonds is 4. The van der Waals surface area contributed by atoms with Crippen LogP contribution in [0.4, 0.5) is 0 Å². The van der Waals surface area contributed by atoms with Crippen molar-refractivity contribution in [3.63, 3.8) is 0 Å². The Morgan fingerprint density at radius 2 is 2.06 bits per heavy atom. The number of allylic oxidation sites excluding steroid dienone is 1. The van der Waals surface area contributed by atoms with Crippen molar-refractivity contribution in [1.29, 1.82) is 0 Å². The lowest BCUT2D eigenvalue weighted by Crippen LogP contribution is -2.69. The quantitative estimate of drug-likeness (QED) is 0.554. The van der Waals surface area contributed by atoms with E-state index in [1.807, 2.05) is 6.08 Å². The minimum atomic E-state index is -0.740. The highest BCUT2D eigenvalue weighted by molar-refractivity contribution is 5.78. The second-order valence-corrected chi connectivity index (χ2v) is 5.29. The van der Waals surface area contributed by atoms with E-state index in [0.717, 1.165) is 25.7 Å². The monoisotopic (exact) mass is 234 g/mol. The maximum atomic E-state index is 12.0. The van der Waals surface area contributed by atoms with Gasteiger partial charge in [-0.2, -0.15) is 0 Å². The molecule has 3 rings (SSSR count). The molecule has 3 aliphatic rings. The third-order valence-corrected chi connectivity index (χ3v) is 4.64. The highest BCUT2D eigenvalue weighted by Gasteiger charge is 2.78. The highest BCUT2D eigenvalue weighted by atomic mass is 16.8. The minimum absolute atomic E-state index is 0.00653. The van der Waals surface area contributed by atoms with Crippen LogP contribution in [-0.4, -0.2) is 17.9 Å². The van der Waals surface area contributed by atoms with Gasteiger partial charge in [0.15, 0.2) is 0 Å². The molecule has 0 spiro atoms. The van der Waals surface area contributed by atoms with E-state index in [-0.39, 0.29) is 23.4 Å². The van der Waals surface area contributed by atoms with Crippen LogP contribution < -0.4 is 0 Å². The molecule has 17 heavy (non-hydrogen) atoms. The normalized spacial score (nSPS) is 46.7. The predicted octanol–water partition coefficient (Wildman–Crippen LogP) is 2.58. The summed E-state index contributed by atoms with van der Waals surface area (Å²) in [5.41, 5.74) is -0.168. The first kappa shape index (κ1) is 11.0. The number of ether oxygens (including phenoxy) is 2. The van der Waals surface area contributed by atoms with E-state index in [4.69, 9.17) is 9.47 Å². The van der Waals surface area contributed by atoms with E-state index in [2.05, 4.69) is 13.2 Å². The zero-order chi connectivity index (χ0) is 12.1. The second kappa shape index (κ2) is 3.45. The van der Waals surface area contributed by atoms with Crippen molar-refractivity contribution in [3.05, 3.63) is 25.3 Å². The molecule has 0 N–H and O–H groups in total. The van der Waals surface area contributed by atoms with Crippen LogP contribution in [0.1, 0.15) is 32.1 Å². The van der Waals surface area contributed by atoms with Crippen molar-refractivity contribution in [2.45, 2.75) is 44.0 Å². The Morgan fingerprint density at radius 3 is 2.76 bits per heavy atom. The van der Waals surface area contributed by atoms with Crippen molar-refractivity contribution in [3.8, 4) is 0 Å². The van der Waals surface area contributed by atoms with E-state index in [9.17, 15) is 4.79 Å². The van der Waals surface area contributed by atoms with Gasteiger partial charge in [0.2, 0.25) is 5.79 Å². The summed E-state index contributed by atoms with van der Waals surface area (Å²) in [6, 6.07) is 0. The molecule has 92 valence electrons. The molecule has 3 nitrogen and oxygen atoms in total. The van der Waals surface area contributed by atoms with E-state index >= 15 is 0 Å². The summed E-state index contributed by atoms with van der Waals surface area (Å²) in [7, 11) is 0. The smallest absolute Gasteiger partial charge is 0.312 e. The highest BCUT2D eigenvalue weighted by Crippen LogP contribution is 2.68. The first-order valence-electron chi connectivity index (χ1n) is 6.32. The van der Waals surface area contributed by atoms with Crippen molar-refractivity contribution < 1.29 is 14.3 Å². The van der Waals surface area contributed by atoms with Gasteiger partial charge in [-0.15, -0.1) is 13.2 Å². The Balaban J connectivity index is 2.04. The van der Waals surface area contributed by atoms with E-state index in [1.165, 1.54) is 0 Å². The number of esters is 1. The molecule has 0 aromatic heterocycles. The first-order valence-corrected chi connectivity index (χ1v) is 6.32. The van der Waals surface area contributed by atoms with Crippen LogP contribution >= 0.6 is 0 Å². The summed E-state index contributed by atoms with van der Waals surface area (Å²) in [5.74, 6) is -0.834. The number of hydrogen-bond acceptors (Lipinski definition) is 3.